The van der Waals surface area contributed by atoms with E-state index in [1.54, 1.807) is 90.6 Å². The number of hydrogen-bond acceptors (Lipinski definition) is 13. The Labute approximate surface area is 485 Å². The van der Waals surface area contributed by atoms with Gasteiger partial charge in [0.1, 0.15) is 42.9 Å². The number of rotatable bonds is 25. The highest BCUT2D eigenvalue weighted by Gasteiger charge is 2.41. The SMILES string of the molecule is CC(OC(C)(C)C)[C@H](NC(=O)OCC1c2ccccc2-c2ccccc21)C(=O)N[C@H](C(=O)N(C)[C@@H](C)C(=O)N[C@@H](CSSC(C)(C)C)C(=O)N[C@@H](Cc1ccccc1)C(=O)N[C@@H](CC(=O)O)C(=O)N1CCCCC1)[C@@H](C)OC(C)(C)C. The molecule has 0 aromatic heterocycles. The maximum atomic E-state index is 14.9. The molecule has 3 aromatic carbocycles. The van der Waals surface area contributed by atoms with E-state index in [4.69, 9.17) is 14.2 Å². The van der Waals surface area contributed by atoms with Crippen LogP contribution >= 0.6 is 21.6 Å². The number of benzene rings is 3. The second kappa shape index (κ2) is 29.2. The summed E-state index contributed by atoms with van der Waals surface area (Å²) in [6.07, 6.45) is -1.15. The van der Waals surface area contributed by atoms with Crippen LogP contribution in [0, 0.1) is 0 Å². The molecule has 19 nitrogen and oxygen atoms in total. The first kappa shape index (κ1) is 65.6. The van der Waals surface area contributed by atoms with Crippen molar-refractivity contribution in [2.45, 2.75) is 186 Å². The smallest absolute Gasteiger partial charge is 0.407 e. The first-order valence-electron chi connectivity index (χ1n) is 27.7. The minimum atomic E-state index is -1.44. The van der Waals surface area contributed by atoms with Crippen LogP contribution in [0.25, 0.3) is 11.1 Å². The second-order valence-corrected chi connectivity index (χ2v) is 26.9. The average Bonchev–Trinajstić information content (AvgIpc) is 4.00. The lowest BCUT2D eigenvalue weighted by molar-refractivity contribution is -0.150. The van der Waals surface area contributed by atoms with Crippen molar-refractivity contribution >= 4 is 69.1 Å². The number of alkyl carbamates (subject to hydrolysis) is 1. The molecule has 0 radical (unpaired) electrons. The van der Waals surface area contributed by atoms with Crippen molar-refractivity contribution in [1.29, 1.82) is 0 Å². The molecule has 0 bridgehead atoms. The molecule has 21 heteroatoms. The number of nitrogens with zero attached hydrogens (tertiary/aromatic N) is 2. The van der Waals surface area contributed by atoms with Gasteiger partial charge in [-0.25, -0.2) is 4.79 Å². The van der Waals surface area contributed by atoms with Crippen molar-refractivity contribution in [2.75, 3.05) is 32.5 Å². The largest absolute Gasteiger partial charge is 0.481 e. The number of fused-ring (bicyclic) bond motifs is 3. The Hall–Kier alpha value is -6.16. The normalized spacial score (nSPS) is 16.6. The Bertz CT molecular complexity index is 2620. The van der Waals surface area contributed by atoms with Gasteiger partial charge in [-0.1, -0.05) is 121 Å². The minimum absolute atomic E-state index is 0.0146. The molecular weight excluding hydrogens is 1070 g/mol. The fraction of sp³-hybridized carbons (Fsp3) is 0.567. The summed E-state index contributed by atoms with van der Waals surface area (Å²) in [5.41, 5.74) is 3.17. The van der Waals surface area contributed by atoms with E-state index in [1.165, 1.54) is 35.6 Å². The van der Waals surface area contributed by atoms with Crippen molar-refractivity contribution in [3.63, 3.8) is 0 Å². The number of nitrogens with one attached hydrogen (secondary N) is 5. The van der Waals surface area contributed by atoms with Gasteiger partial charge in [0.15, 0.2) is 0 Å². The highest BCUT2D eigenvalue weighted by Crippen LogP contribution is 2.44. The predicted molar refractivity (Wildman–Crippen MR) is 315 cm³/mol. The number of aliphatic carboxylic acids is 1. The molecule has 1 fully saturated rings. The average molecular weight is 1160 g/mol. The standard InChI is InChI=1S/C60H85N7O12S2/c1-36(51(70)63-47(35-80-81-60(10,11)12)53(72)61-45(32-39-24-16-14-17-25-39)52(71)62-46(33-48(68)69)55(74)67-30-22-15-23-31-67)66(13)56(75)50(38(3)79-59(7,8)9)64-54(73)49(37(2)78-58(4,5)6)65-57(76)77-34-44-42-28-20-18-26-40(42)41-27-19-21-29-43(41)44/h14,16-21,24-29,36-38,44-47,49-50H,15,22-23,30-35H2,1-13H3,(H,61,72)(H,62,71)(H,63,70)(H,64,73)(H,65,76)(H,68,69)/t36-,37?,38+,45-,46-,47-,49-,50-/m0/s1. The molecule has 3 aromatic rings. The van der Waals surface area contributed by atoms with E-state index < -0.39 is 114 Å². The van der Waals surface area contributed by atoms with Gasteiger partial charge in [0, 0.05) is 43.0 Å². The zero-order valence-corrected chi connectivity index (χ0v) is 50.8. The van der Waals surface area contributed by atoms with E-state index in [-0.39, 0.29) is 29.4 Å². The van der Waals surface area contributed by atoms with Gasteiger partial charge in [-0.2, -0.15) is 0 Å². The van der Waals surface area contributed by atoms with Crippen LogP contribution in [0.3, 0.4) is 0 Å². The van der Waals surface area contributed by atoms with Crippen molar-refractivity contribution in [1.82, 2.24) is 36.4 Å². The molecule has 81 heavy (non-hydrogen) atoms. The summed E-state index contributed by atoms with van der Waals surface area (Å²) in [4.78, 5) is 115. The van der Waals surface area contributed by atoms with Gasteiger partial charge in [-0.05, 0) is 109 Å². The van der Waals surface area contributed by atoms with Gasteiger partial charge in [0.25, 0.3) is 0 Å². The molecule has 1 unspecified atom stereocenters. The van der Waals surface area contributed by atoms with E-state index in [2.05, 4.69) is 26.6 Å². The molecule has 8 atom stereocenters. The summed E-state index contributed by atoms with van der Waals surface area (Å²) in [5.74, 6) is -5.88. The van der Waals surface area contributed by atoms with Crippen LogP contribution in [0.15, 0.2) is 78.9 Å². The number of piperidine rings is 1. The maximum Gasteiger partial charge on any atom is 0.407 e. The summed E-state index contributed by atoms with van der Waals surface area (Å²) >= 11 is 0. The zero-order chi connectivity index (χ0) is 60.0. The van der Waals surface area contributed by atoms with Crippen LogP contribution in [-0.2, 0) is 54.2 Å². The quantitative estimate of drug-likeness (QED) is 0.0468. The van der Waals surface area contributed by atoms with Gasteiger partial charge in [-0.3, -0.25) is 33.6 Å². The summed E-state index contributed by atoms with van der Waals surface area (Å²) in [7, 11) is 4.15. The number of hydrogen-bond donors (Lipinski definition) is 6. The second-order valence-electron chi connectivity index (χ2n) is 23.8. The Kier molecular flexibility index (Phi) is 23.7. The molecule has 5 rings (SSSR count). The number of likely N-dealkylation sites (N-methyl/N-ethyl adjacent to an activating group) is 1. The van der Waals surface area contributed by atoms with Crippen LogP contribution < -0.4 is 26.6 Å². The molecule has 0 saturated carbocycles. The van der Waals surface area contributed by atoms with Crippen LogP contribution in [0.2, 0.25) is 0 Å². The molecular formula is C60H85N7O12S2. The Morgan fingerprint density at radius 3 is 1.68 bits per heavy atom. The molecule has 1 aliphatic carbocycles. The van der Waals surface area contributed by atoms with E-state index in [0.717, 1.165) is 46.4 Å². The summed E-state index contributed by atoms with van der Waals surface area (Å²) in [5, 5.41) is 23.5. The number of likely N-dealkylation sites (tertiary alicyclic amines) is 1. The van der Waals surface area contributed by atoms with Crippen molar-refractivity contribution in [3.05, 3.63) is 95.6 Å². The molecule has 6 N–H and O–H groups in total. The fourth-order valence-corrected chi connectivity index (χ4v) is 12.2. The fourth-order valence-electron chi connectivity index (χ4n) is 9.69. The number of carboxylic acid groups (broad SMARTS) is 1. The molecule has 1 heterocycles. The Morgan fingerprint density at radius 1 is 0.630 bits per heavy atom. The molecule has 1 aliphatic heterocycles. The van der Waals surface area contributed by atoms with E-state index in [1.807, 2.05) is 69.3 Å². The molecule has 2 aliphatic rings. The zero-order valence-electron chi connectivity index (χ0n) is 49.2. The van der Waals surface area contributed by atoms with Gasteiger partial charge < -0.3 is 55.7 Å². The Morgan fingerprint density at radius 2 is 1.14 bits per heavy atom. The number of carbonyl (C=O) groups excluding carboxylic acids is 7. The van der Waals surface area contributed by atoms with E-state index in [9.17, 15) is 43.5 Å². The van der Waals surface area contributed by atoms with E-state index in [0.29, 0.717) is 18.7 Å². The highest BCUT2D eigenvalue weighted by atomic mass is 33.1. The third-order valence-corrected chi connectivity index (χ3v) is 16.9. The summed E-state index contributed by atoms with van der Waals surface area (Å²) < 4.78 is 18.1. The summed E-state index contributed by atoms with van der Waals surface area (Å²) in [6, 6.07) is 16.5. The Balaban J connectivity index is 1.37. The van der Waals surface area contributed by atoms with Crippen LogP contribution in [0.4, 0.5) is 4.79 Å². The number of carbonyl (C=O) groups is 8. The van der Waals surface area contributed by atoms with Crippen LogP contribution in [0.5, 0.6) is 0 Å². The number of ether oxygens (including phenoxy) is 3. The summed E-state index contributed by atoms with van der Waals surface area (Å²) in [6.45, 7) is 22.2. The van der Waals surface area contributed by atoms with Crippen molar-refractivity contribution in [3.8, 4) is 11.1 Å². The third-order valence-electron chi connectivity index (χ3n) is 13.5. The highest BCUT2D eigenvalue weighted by molar-refractivity contribution is 8.77. The third kappa shape index (κ3) is 20.1. The van der Waals surface area contributed by atoms with Crippen LogP contribution in [0.1, 0.15) is 131 Å². The van der Waals surface area contributed by atoms with Gasteiger partial charge in [-0.15, -0.1) is 0 Å². The number of carboxylic acids is 1. The van der Waals surface area contributed by atoms with Gasteiger partial charge in [0.2, 0.25) is 35.4 Å². The predicted octanol–water partition coefficient (Wildman–Crippen LogP) is 7.00. The van der Waals surface area contributed by atoms with Gasteiger partial charge >= 0.3 is 12.1 Å². The molecule has 1 saturated heterocycles. The van der Waals surface area contributed by atoms with Crippen LogP contribution in [-0.4, -0.2) is 159 Å². The van der Waals surface area contributed by atoms with Gasteiger partial charge in [0.05, 0.1) is 29.8 Å². The first-order valence-corrected chi connectivity index (χ1v) is 30.0. The lowest BCUT2D eigenvalue weighted by Gasteiger charge is -2.36. The topological polar surface area (TPSA) is 251 Å². The lowest BCUT2D eigenvalue weighted by Crippen LogP contribution is -2.63. The lowest BCUT2D eigenvalue weighted by atomic mass is 9.98. The number of amides is 7. The first-order chi connectivity index (χ1) is 37.9. The maximum absolute atomic E-state index is 14.9. The van der Waals surface area contributed by atoms with E-state index >= 15 is 0 Å². The van der Waals surface area contributed by atoms with Crippen molar-refractivity contribution in [2.24, 2.45) is 0 Å². The van der Waals surface area contributed by atoms with Crippen molar-refractivity contribution < 1.29 is 57.7 Å². The molecule has 0 spiro atoms. The molecule has 444 valence electrons. The monoisotopic (exact) mass is 1160 g/mol. The molecule has 7 amide bonds. The minimum Gasteiger partial charge on any atom is -0.481 e.